The fraction of sp³-hybridized carbons (Fsp3) is 0.333. The lowest BCUT2D eigenvalue weighted by Gasteiger charge is -2.09. The zero-order chi connectivity index (χ0) is 11.7. The van der Waals surface area contributed by atoms with Gasteiger partial charge in [0.1, 0.15) is 5.82 Å². The first-order valence-electron chi connectivity index (χ1n) is 5.22. The van der Waals surface area contributed by atoms with Gasteiger partial charge in [0.25, 0.3) is 0 Å². The third-order valence-electron chi connectivity index (χ3n) is 2.75. The Labute approximate surface area is 94.6 Å². The average Bonchev–Trinajstić information content (AvgIpc) is 2.61. The van der Waals surface area contributed by atoms with Crippen LogP contribution in [0, 0.1) is 0 Å². The molecule has 0 atom stereocenters. The zero-order valence-corrected chi connectivity index (χ0v) is 9.78. The van der Waals surface area contributed by atoms with Crippen molar-refractivity contribution in [2.75, 3.05) is 20.0 Å². The number of nitrogen functional groups attached to an aromatic ring is 1. The fourth-order valence-corrected chi connectivity index (χ4v) is 1.96. The second kappa shape index (κ2) is 3.96. The molecule has 0 aliphatic carbocycles. The number of hydrogen-bond acceptors (Lipinski definition) is 3. The van der Waals surface area contributed by atoms with Gasteiger partial charge in [0.05, 0.1) is 19.7 Å². The van der Waals surface area contributed by atoms with Crippen LogP contribution in [0.5, 0.6) is 11.5 Å². The summed E-state index contributed by atoms with van der Waals surface area (Å²) in [6.07, 6.45) is 0. The average molecular weight is 220 g/mol. The third kappa shape index (κ3) is 1.46. The van der Waals surface area contributed by atoms with Gasteiger partial charge in [-0.3, -0.25) is 0 Å². The van der Waals surface area contributed by atoms with Crippen LogP contribution in [-0.4, -0.2) is 18.8 Å². The van der Waals surface area contributed by atoms with Crippen molar-refractivity contribution in [3.05, 3.63) is 18.2 Å². The van der Waals surface area contributed by atoms with Crippen molar-refractivity contribution < 1.29 is 9.47 Å². The summed E-state index contributed by atoms with van der Waals surface area (Å²) in [7, 11) is 3.26. The van der Waals surface area contributed by atoms with E-state index in [-0.39, 0.29) is 0 Å². The van der Waals surface area contributed by atoms with E-state index in [1.54, 1.807) is 14.2 Å². The minimum absolute atomic E-state index is 0.725. The third-order valence-corrected chi connectivity index (χ3v) is 2.75. The molecule has 2 rings (SSSR count). The summed E-state index contributed by atoms with van der Waals surface area (Å²) in [6, 6.07) is 5.84. The molecular weight excluding hydrogens is 204 g/mol. The highest BCUT2D eigenvalue weighted by atomic mass is 16.5. The Hall–Kier alpha value is -1.84. The number of nitrogens with two attached hydrogens (primary N) is 1. The van der Waals surface area contributed by atoms with E-state index in [2.05, 4.69) is 6.92 Å². The maximum atomic E-state index is 5.93. The quantitative estimate of drug-likeness (QED) is 0.863. The van der Waals surface area contributed by atoms with E-state index in [0.717, 1.165) is 34.8 Å². The van der Waals surface area contributed by atoms with Crippen molar-refractivity contribution in [2.45, 2.75) is 13.5 Å². The van der Waals surface area contributed by atoms with Gasteiger partial charge < -0.3 is 19.8 Å². The summed E-state index contributed by atoms with van der Waals surface area (Å²) >= 11 is 0. The molecule has 0 unspecified atom stereocenters. The van der Waals surface area contributed by atoms with Crippen LogP contribution in [0.2, 0.25) is 0 Å². The number of methoxy groups -OCH3 is 2. The van der Waals surface area contributed by atoms with E-state index in [9.17, 15) is 0 Å². The molecule has 1 heterocycles. The van der Waals surface area contributed by atoms with Crippen molar-refractivity contribution in [1.82, 2.24) is 4.57 Å². The normalized spacial score (nSPS) is 10.7. The number of fused-ring (bicyclic) bond motifs is 1. The Balaban J connectivity index is 2.73. The molecule has 0 saturated heterocycles. The molecule has 0 saturated carbocycles. The summed E-state index contributed by atoms with van der Waals surface area (Å²) in [5, 5.41) is 1.07. The molecule has 0 aliphatic heterocycles. The van der Waals surface area contributed by atoms with Crippen LogP contribution in [0.25, 0.3) is 10.9 Å². The molecule has 0 aliphatic rings. The molecule has 4 heteroatoms. The molecule has 1 aromatic heterocycles. The van der Waals surface area contributed by atoms with Crippen LogP contribution in [0.3, 0.4) is 0 Å². The first-order valence-corrected chi connectivity index (χ1v) is 5.22. The van der Waals surface area contributed by atoms with Crippen LogP contribution in [-0.2, 0) is 6.54 Å². The summed E-state index contributed by atoms with van der Waals surface area (Å²) in [4.78, 5) is 0. The molecule has 0 bridgehead atoms. The summed E-state index contributed by atoms with van der Waals surface area (Å²) in [5.41, 5.74) is 7.00. The number of aromatic nitrogens is 1. The van der Waals surface area contributed by atoms with Crippen molar-refractivity contribution in [3.8, 4) is 11.5 Å². The van der Waals surface area contributed by atoms with Crippen molar-refractivity contribution in [1.29, 1.82) is 0 Å². The molecule has 0 fully saturated rings. The molecule has 1 aromatic carbocycles. The van der Waals surface area contributed by atoms with Crippen LogP contribution in [0.15, 0.2) is 18.2 Å². The highest BCUT2D eigenvalue weighted by Crippen LogP contribution is 2.34. The Morgan fingerprint density at radius 3 is 2.31 bits per heavy atom. The topological polar surface area (TPSA) is 49.4 Å². The maximum Gasteiger partial charge on any atom is 0.162 e. The van der Waals surface area contributed by atoms with E-state index in [4.69, 9.17) is 15.2 Å². The number of hydrogen-bond donors (Lipinski definition) is 1. The fourth-order valence-electron chi connectivity index (χ4n) is 1.96. The Bertz CT molecular complexity index is 517. The van der Waals surface area contributed by atoms with Gasteiger partial charge in [0, 0.05) is 18.0 Å². The number of aryl methyl sites for hydroxylation is 1. The standard InChI is InChI=1S/C12H16N2O2/c1-4-14-9-7-11(16-3)10(15-2)5-8(9)6-12(14)13/h5-7H,4,13H2,1-3H3. The predicted octanol–water partition coefficient (Wildman–Crippen LogP) is 2.26. The van der Waals surface area contributed by atoms with Gasteiger partial charge in [0.2, 0.25) is 0 Å². The number of nitrogens with zero attached hydrogens (tertiary/aromatic N) is 1. The summed E-state index contributed by atoms with van der Waals surface area (Å²) < 4.78 is 12.6. The van der Waals surface area contributed by atoms with Gasteiger partial charge in [-0.2, -0.15) is 0 Å². The lowest BCUT2D eigenvalue weighted by atomic mass is 10.2. The largest absolute Gasteiger partial charge is 0.493 e. The highest BCUT2D eigenvalue weighted by molar-refractivity contribution is 5.87. The van der Waals surface area contributed by atoms with Crippen LogP contribution < -0.4 is 15.2 Å². The monoisotopic (exact) mass is 220 g/mol. The first kappa shape index (κ1) is 10.7. The predicted molar refractivity (Wildman–Crippen MR) is 65.1 cm³/mol. The summed E-state index contributed by atoms with van der Waals surface area (Å²) in [5.74, 6) is 2.21. The number of anilines is 1. The van der Waals surface area contributed by atoms with Gasteiger partial charge in [-0.15, -0.1) is 0 Å². The van der Waals surface area contributed by atoms with E-state index in [1.807, 2.05) is 22.8 Å². The molecule has 4 nitrogen and oxygen atoms in total. The van der Waals surface area contributed by atoms with Crippen molar-refractivity contribution in [2.24, 2.45) is 0 Å². The second-order valence-electron chi connectivity index (χ2n) is 3.58. The van der Waals surface area contributed by atoms with Crippen LogP contribution in [0.1, 0.15) is 6.92 Å². The minimum Gasteiger partial charge on any atom is -0.493 e. The van der Waals surface area contributed by atoms with Crippen LogP contribution >= 0.6 is 0 Å². The lowest BCUT2D eigenvalue weighted by Crippen LogP contribution is -1.99. The summed E-state index contributed by atoms with van der Waals surface area (Å²) in [6.45, 7) is 2.90. The van der Waals surface area contributed by atoms with Gasteiger partial charge in [-0.05, 0) is 19.1 Å². The van der Waals surface area contributed by atoms with E-state index in [1.165, 1.54) is 0 Å². The molecule has 2 aromatic rings. The van der Waals surface area contributed by atoms with Gasteiger partial charge >= 0.3 is 0 Å². The van der Waals surface area contributed by atoms with E-state index < -0.39 is 0 Å². The van der Waals surface area contributed by atoms with Crippen molar-refractivity contribution in [3.63, 3.8) is 0 Å². The number of rotatable bonds is 3. The molecular formula is C12H16N2O2. The van der Waals surface area contributed by atoms with Crippen LogP contribution in [0.4, 0.5) is 5.82 Å². The smallest absolute Gasteiger partial charge is 0.162 e. The minimum atomic E-state index is 0.725. The zero-order valence-electron chi connectivity index (χ0n) is 9.78. The number of benzene rings is 1. The maximum absolute atomic E-state index is 5.93. The lowest BCUT2D eigenvalue weighted by molar-refractivity contribution is 0.355. The van der Waals surface area contributed by atoms with Gasteiger partial charge in [-0.25, -0.2) is 0 Å². The molecule has 86 valence electrons. The second-order valence-corrected chi connectivity index (χ2v) is 3.58. The molecule has 0 amide bonds. The SMILES string of the molecule is CCn1c(N)cc2cc(OC)c(OC)cc21. The van der Waals surface area contributed by atoms with Gasteiger partial charge in [0.15, 0.2) is 11.5 Å². The number of ether oxygens (including phenoxy) is 2. The molecule has 2 N–H and O–H groups in total. The van der Waals surface area contributed by atoms with Gasteiger partial charge in [-0.1, -0.05) is 0 Å². The van der Waals surface area contributed by atoms with Crippen molar-refractivity contribution >= 4 is 16.7 Å². The first-order chi connectivity index (χ1) is 7.71. The molecule has 0 radical (unpaired) electrons. The molecule has 0 spiro atoms. The Morgan fingerprint density at radius 1 is 1.12 bits per heavy atom. The van der Waals surface area contributed by atoms with E-state index in [0.29, 0.717) is 0 Å². The highest BCUT2D eigenvalue weighted by Gasteiger charge is 2.10. The Kier molecular flexibility index (Phi) is 2.64. The van der Waals surface area contributed by atoms with E-state index >= 15 is 0 Å². The molecule has 16 heavy (non-hydrogen) atoms. The Morgan fingerprint density at radius 2 is 1.75 bits per heavy atom.